The fourth-order valence-corrected chi connectivity index (χ4v) is 0.759. The van der Waals surface area contributed by atoms with Crippen molar-refractivity contribution in [2.24, 2.45) is 0 Å². The van der Waals surface area contributed by atoms with Crippen LogP contribution in [0.3, 0.4) is 0 Å². The van der Waals surface area contributed by atoms with Gasteiger partial charge in [0, 0.05) is 0 Å². The maximum atomic E-state index is 8.68. The third kappa shape index (κ3) is 3.35. The second-order valence-corrected chi connectivity index (χ2v) is 2.10. The van der Waals surface area contributed by atoms with Crippen LogP contribution in [0.25, 0.3) is 6.08 Å². The first-order chi connectivity index (χ1) is 5.86. The van der Waals surface area contributed by atoms with E-state index in [0.717, 1.165) is 11.1 Å². The molecule has 0 aromatic heterocycles. The van der Waals surface area contributed by atoms with Gasteiger partial charge in [-0.25, -0.2) is 0 Å². The summed E-state index contributed by atoms with van der Waals surface area (Å²) in [6.45, 7) is 7.73. The Labute approximate surface area is 74.4 Å². The van der Waals surface area contributed by atoms with Crippen LogP contribution in [0.1, 0.15) is 25.0 Å². The van der Waals surface area contributed by atoms with Crippen LogP contribution in [-0.2, 0) is 6.61 Å². The zero-order valence-corrected chi connectivity index (χ0v) is 7.75. The molecule has 1 N–H and O–H groups in total. The van der Waals surface area contributed by atoms with Gasteiger partial charge in [0.05, 0.1) is 6.61 Å². The molecule has 66 valence electrons. The van der Waals surface area contributed by atoms with E-state index in [0.29, 0.717) is 0 Å². The second kappa shape index (κ2) is 6.62. The zero-order valence-electron chi connectivity index (χ0n) is 7.75. The molecule has 1 aromatic rings. The Hall–Kier alpha value is -1.08. The average molecular weight is 164 g/mol. The molecule has 0 fully saturated rings. The number of hydrogen-bond acceptors (Lipinski definition) is 1. The Morgan fingerprint density at radius 3 is 2.08 bits per heavy atom. The van der Waals surface area contributed by atoms with Crippen LogP contribution in [0.2, 0.25) is 0 Å². The normalized spacial score (nSPS) is 8.25. The van der Waals surface area contributed by atoms with Crippen LogP contribution in [0.4, 0.5) is 0 Å². The molecule has 0 unspecified atom stereocenters. The Morgan fingerprint density at radius 1 is 1.25 bits per heavy atom. The lowest BCUT2D eigenvalue weighted by molar-refractivity contribution is 0.282. The molecular formula is C11H16O. The van der Waals surface area contributed by atoms with E-state index in [-0.39, 0.29) is 6.61 Å². The number of aliphatic hydroxyl groups excluding tert-OH is 1. The first kappa shape index (κ1) is 10.9. The van der Waals surface area contributed by atoms with Gasteiger partial charge < -0.3 is 5.11 Å². The fourth-order valence-electron chi connectivity index (χ4n) is 0.759. The van der Waals surface area contributed by atoms with Crippen LogP contribution < -0.4 is 0 Å². The summed E-state index contributed by atoms with van der Waals surface area (Å²) in [6, 6.07) is 7.63. The van der Waals surface area contributed by atoms with Gasteiger partial charge in [-0.15, -0.1) is 0 Å². The molecule has 0 saturated carbocycles. The van der Waals surface area contributed by atoms with Gasteiger partial charge in [-0.05, 0) is 11.1 Å². The highest BCUT2D eigenvalue weighted by molar-refractivity contribution is 5.46. The van der Waals surface area contributed by atoms with Crippen LogP contribution in [-0.4, -0.2) is 5.11 Å². The monoisotopic (exact) mass is 164 g/mol. The molecule has 0 saturated heterocycles. The molecule has 1 rings (SSSR count). The van der Waals surface area contributed by atoms with Gasteiger partial charge in [0.25, 0.3) is 0 Å². The van der Waals surface area contributed by atoms with E-state index in [4.69, 9.17) is 5.11 Å². The molecule has 12 heavy (non-hydrogen) atoms. The number of rotatable bonds is 2. The van der Waals surface area contributed by atoms with E-state index in [1.165, 1.54) is 0 Å². The lowest BCUT2D eigenvalue weighted by atomic mass is 10.1. The Bertz CT molecular complexity index is 211. The maximum absolute atomic E-state index is 8.68. The van der Waals surface area contributed by atoms with Crippen molar-refractivity contribution in [3.63, 3.8) is 0 Å². The van der Waals surface area contributed by atoms with Crippen LogP contribution in [0.5, 0.6) is 0 Å². The molecule has 1 nitrogen and oxygen atoms in total. The molecule has 0 radical (unpaired) electrons. The van der Waals surface area contributed by atoms with Gasteiger partial charge in [0.1, 0.15) is 0 Å². The summed E-state index contributed by atoms with van der Waals surface area (Å²) < 4.78 is 0. The highest BCUT2D eigenvalue weighted by Gasteiger charge is 1.87. The summed E-state index contributed by atoms with van der Waals surface area (Å²) in [5, 5.41) is 8.68. The van der Waals surface area contributed by atoms with E-state index in [9.17, 15) is 0 Å². The van der Waals surface area contributed by atoms with Gasteiger partial charge in [0.15, 0.2) is 0 Å². The smallest absolute Gasteiger partial charge is 0.0681 e. The van der Waals surface area contributed by atoms with Crippen LogP contribution in [0.15, 0.2) is 30.8 Å². The zero-order chi connectivity index (χ0) is 9.40. The van der Waals surface area contributed by atoms with Crippen LogP contribution in [0, 0.1) is 0 Å². The number of hydrogen-bond donors (Lipinski definition) is 1. The highest BCUT2D eigenvalue weighted by atomic mass is 16.3. The summed E-state index contributed by atoms with van der Waals surface area (Å²) >= 11 is 0. The van der Waals surface area contributed by atoms with Gasteiger partial charge in [-0.2, -0.15) is 0 Å². The predicted octanol–water partition coefficient (Wildman–Crippen LogP) is 2.85. The van der Waals surface area contributed by atoms with Gasteiger partial charge in [-0.3, -0.25) is 0 Å². The largest absolute Gasteiger partial charge is 0.392 e. The number of aliphatic hydroxyl groups is 1. The summed E-state index contributed by atoms with van der Waals surface area (Å²) in [7, 11) is 0. The van der Waals surface area contributed by atoms with Crippen LogP contribution >= 0.6 is 0 Å². The molecule has 1 heteroatoms. The van der Waals surface area contributed by atoms with Gasteiger partial charge in [0.2, 0.25) is 0 Å². The van der Waals surface area contributed by atoms with Crippen molar-refractivity contribution in [3.05, 3.63) is 42.0 Å². The van der Waals surface area contributed by atoms with Crippen molar-refractivity contribution in [2.75, 3.05) is 0 Å². The quantitative estimate of drug-likeness (QED) is 0.712. The maximum Gasteiger partial charge on any atom is 0.0681 e. The first-order valence-electron chi connectivity index (χ1n) is 4.19. The standard InChI is InChI=1S/C9H10O.C2H6/c1-2-8-3-5-9(7-10)6-4-8;1-2/h2-6,10H,1,7H2;1-2H3. The molecule has 0 bridgehead atoms. The van der Waals surface area contributed by atoms with Crippen molar-refractivity contribution < 1.29 is 5.11 Å². The molecule has 0 aliphatic rings. The van der Waals surface area contributed by atoms with Gasteiger partial charge in [-0.1, -0.05) is 50.8 Å². The number of benzene rings is 1. The minimum atomic E-state index is 0.109. The Morgan fingerprint density at radius 2 is 1.75 bits per heavy atom. The van der Waals surface area contributed by atoms with E-state index in [1.54, 1.807) is 6.08 Å². The molecule has 0 aliphatic carbocycles. The minimum Gasteiger partial charge on any atom is -0.392 e. The van der Waals surface area contributed by atoms with Crippen molar-refractivity contribution in [1.82, 2.24) is 0 Å². The summed E-state index contributed by atoms with van der Waals surface area (Å²) in [5.74, 6) is 0. The first-order valence-corrected chi connectivity index (χ1v) is 4.19. The molecule has 0 aliphatic heterocycles. The predicted molar refractivity (Wildman–Crippen MR) is 53.8 cm³/mol. The topological polar surface area (TPSA) is 20.2 Å². The van der Waals surface area contributed by atoms with Crippen molar-refractivity contribution >= 4 is 6.08 Å². The molecule has 0 spiro atoms. The lowest BCUT2D eigenvalue weighted by Gasteiger charge is -1.94. The molecule has 0 atom stereocenters. The second-order valence-electron chi connectivity index (χ2n) is 2.10. The Kier molecular flexibility index (Phi) is 6.02. The third-order valence-corrected chi connectivity index (χ3v) is 1.40. The van der Waals surface area contributed by atoms with E-state index < -0.39 is 0 Å². The van der Waals surface area contributed by atoms with Crippen molar-refractivity contribution in [3.8, 4) is 0 Å². The molecule has 0 amide bonds. The minimum absolute atomic E-state index is 0.109. The summed E-state index contributed by atoms with van der Waals surface area (Å²) in [4.78, 5) is 0. The van der Waals surface area contributed by atoms with E-state index >= 15 is 0 Å². The average Bonchev–Trinajstić information content (AvgIpc) is 2.21. The lowest BCUT2D eigenvalue weighted by Crippen LogP contribution is -1.80. The van der Waals surface area contributed by atoms with Crippen molar-refractivity contribution in [1.29, 1.82) is 0 Å². The summed E-state index contributed by atoms with van der Waals surface area (Å²) in [6.07, 6.45) is 1.78. The van der Waals surface area contributed by atoms with E-state index in [1.807, 2.05) is 38.1 Å². The van der Waals surface area contributed by atoms with Gasteiger partial charge >= 0.3 is 0 Å². The Balaban J connectivity index is 0.000000561. The highest BCUT2D eigenvalue weighted by Crippen LogP contribution is 2.04. The molecule has 1 aromatic carbocycles. The summed E-state index contributed by atoms with van der Waals surface area (Å²) in [5.41, 5.74) is 2.02. The third-order valence-electron chi connectivity index (χ3n) is 1.40. The van der Waals surface area contributed by atoms with E-state index in [2.05, 4.69) is 6.58 Å². The molecule has 0 heterocycles. The molecular weight excluding hydrogens is 148 g/mol. The SMILES string of the molecule is C=Cc1ccc(CO)cc1.CC. The fraction of sp³-hybridized carbons (Fsp3) is 0.273. The van der Waals surface area contributed by atoms with Crippen molar-refractivity contribution in [2.45, 2.75) is 20.5 Å².